The molecule has 1 aromatic carbocycles. The van der Waals surface area contributed by atoms with E-state index in [4.69, 9.17) is 0 Å². The van der Waals surface area contributed by atoms with E-state index < -0.39 is 6.10 Å². The highest BCUT2D eigenvalue weighted by molar-refractivity contribution is 6.00. The molecule has 1 unspecified atom stereocenters. The molecule has 0 saturated carbocycles. The summed E-state index contributed by atoms with van der Waals surface area (Å²) in [6.07, 6.45) is 3.54. The minimum Gasteiger partial charge on any atom is -0.386 e. The second kappa shape index (κ2) is 7.37. The van der Waals surface area contributed by atoms with Crippen LogP contribution in [0.25, 0.3) is 0 Å². The van der Waals surface area contributed by atoms with Crippen molar-refractivity contribution in [2.24, 2.45) is 7.05 Å². The maximum Gasteiger partial charge on any atom is 0.251 e. The molecule has 2 aromatic rings. The standard InChI is InChI=1S/C16H18N4O3/c1-3-15(22)19-13-6-4-5-11(7-13)16(23)17-9-14(21)12-8-18-20(2)10-12/h3-8,10,14,21H,1,9H2,2H3,(H,17,23)(H,19,22). The van der Waals surface area contributed by atoms with Gasteiger partial charge in [-0.25, -0.2) is 0 Å². The number of nitrogens with zero attached hydrogens (tertiary/aromatic N) is 2. The summed E-state index contributed by atoms with van der Waals surface area (Å²) in [7, 11) is 1.75. The molecule has 120 valence electrons. The molecule has 0 aliphatic heterocycles. The summed E-state index contributed by atoms with van der Waals surface area (Å²) in [5, 5.41) is 19.2. The van der Waals surface area contributed by atoms with E-state index in [1.807, 2.05) is 0 Å². The van der Waals surface area contributed by atoms with E-state index in [1.165, 1.54) is 0 Å². The van der Waals surface area contributed by atoms with Crippen LogP contribution in [0.3, 0.4) is 0 Å². The largest absolute Gasteiger partial charge is 0.386 e. The van der Waals surface area contributed by atoms with Crippen molar-refractivity contribution in [3.05, 3.63) is 60.4 Å². The van der Waals surface area contributed by atoms with Gasteiger partial charge in [0.05, 0.1) is 12.3 Å². The van der Waals surface area contributed by atoms with E-state index in [-0.39, 0.29) is 18.4 Å². The number of nitrogens with one attached hydrogen (secondary N) is 2. The average Bonchev–Trinajstić information content (AvgIpc) is 2.99. The lowest BCUT2D eigenvalue weighted by molar-refractivity contribution is -0.111. The lowest BCUT2D eigenvalue weighted by Crippen LogP contribution is -2.28. The summed E-state index contributed by atoms with van der Waals surface area (Å²) in [4.78, 5) is 23.4. The van der Waals surface area contributed by atoms with Gasteiger partial charge in [-0.3, -0.25) is 14.3 Å². The number of carbonyl (C=O) groups is 2. The maximum atomic E-state index is 12.1. The second-order valence-electron chi connectivity index (χ2n) is 4.95. The predicted octanol–water partition coefficient (Wildman–Crippen LogP) is 1.01. The second-order valence-corrected chi connectivity index (χ2v) is 4.95. The molecule has 1 aromatic heterocycles. The van der Waals surface area contributed by atoms with E-state index in [1.54, 1.807) is 48.4 Å². The number of amides is 2. The van der Waals surface area contributed by atoms with Crippen LogP contribution in [-0.4, -0.2) is 33.2 Å². The Hall–Kier alpha value is -2.93. The van der Waals surface area contributed by atoms with Crippen molar-refractivity contribution >= 4 is 17.5 Å². The van der Waals surface area contributed by atoms with E-state index >= 15 is 0 Å². The number of aryl methyl sites for hydroxylation is 1. The average molecular weight is 314 g/mol. The first kappa shape index (κ1) is 16.4. The van der Waals surface area contributed by atoms with Crippen LogP contribution in [-0.2, 0) is 11.8 Å². The van der Waals surface area contributed by atoms with Crippen LogP contribution < -0.4 is 10.6 Å². The molecule has 0 bridgehead atoms. The zero-order valence-corrected chi connectivity index (χ0v) is 12.7. The van der Waals surface area contributed by atoms with Crippen molar-refractivity contribution in [1.82, 2.24) is 15.1 Å². The Morgan fingerprint density at radius 3 is 2.91 bits per heavy atom. The molecular weight excluding hydrogens is 296 g/mol. The fourth-order valence-corrected chi connectivity index (χ4v) is 1.95. The van der Waals surface area contributed by atoms with Crippen LogP contribution in [0.2, 0.25) is 0 Å². The van der Waals surface area contributed by atoms with Gasteiger partial charge in [0.1, 0.15) is 0 Å². The highest BCUT2D eigenvalue weighted by Gasteiger charge is 2.12. The first-order valence-electron chi connectivity index (χ1n) is 6.98. The van der Waals surface area contributed by atoms with Crippen molar-refractivity contribution < 1.29 is 14.7 Å². The fourth-order valence-electron chi connectivity index (χ4n) is 1.95. The normalized spacial score (nSPS) is 11.6. The molecular formula is C16H18N4O3. The molecule has 0 spiro atoms. The zero-order valence-electron chi connectivity index (χ0n) is 12.7. The number of carbonyl (C=O) groups excluding carboxylic acids is 2. The number of hydrogen-bond donors (Lipinski definition) is 3. The Bertz CT molecular complexity index is 724. The first-order valence-corrected chi connectivity index (χ1v) is 6.98. The minimum atomic E-state index is -0.837. The molecule has 2 amide bonds. The molecule has 0 saturated heterocycles. The van der Waals surface area contributed by atoms with E-state index in [0.717, 1.165) is 6.08 Å². The number of aliphatic hydroxyl groups excluding tert-OH is 1. The van der Waals surface area contributed by atoms with Gasteiger partial charge < -0.3 is 15.7 Å². The number of aliphatic hydroxyl groups is 1. The molecule has 1 heterocycles. The van der Waals surface area contributed by atoms with Crippen molar-refractivity contribution in [3.8, 4) is 0 Å². The van der Waals surface area contributed by atoms with Gasteiger partial charge >= 0.3 is 0 Å². The molecule has 0 fully saturated rings. The van der Waals surface area contributed by atoms with Crippen LogP contribution in [0.1, 0.15) is 22.0 Å². The summed E-state index contributed by atoms with van der Waals surface area (Å²) < 4.78 is 1.58. The van der Waals surface area contributed by atoms with Crippen molar-refractivity contribution in [2.75, 3.05) is 11.9 Å². The molecule has 0 radical (unpaired) electrons. The number of aromatic nitrogens is 2. The zero-order chi connectivity index (χ0) is 16.8. The topological polar surface area (TPSA) is 96.2 Å². The van der Waals surface area contributed by atoms with Gasteiger partial charge in [0, 0.05) is 36.6 Å². The summed E-state index contributed by atoms with van der Waals surface area (Å²) >= 11 is 0. The molecule has 1 atom stereocenters. The quantitative estimate of drug-likeness (QED) is 0.693. The first-order chi connectivity index (χ1) is 11.0. The Labute approximate surface area is 133 Å². The van der Waals surface area contributed by atoms with Crippen molar-refractivity contribution in [3.63, 3.8) is 0 Å². The Kier molecular flexibility index (Phi) is 5.27. The molecule has 2 rings (SSSR count). The summed E-state index contributed by atoms with van der Waals surface area (Å²) in [6.45, 7) is 3.43. The Morgan fingerprint density at radius 1 is 1.48 bits per heavy atom. The highest BCUT2D eigenvalue weighted by atomic mass is 16.3. The molecule has 0 aliphatic carbocycles. The number of anilines is 1. The molecule has 7 nitrogen and oxygen atoms in total. The molecule has 23 heavy (non-hydrogen) atoms. The monoisotopic (exact) mass is 314 g/mol. The van der Waals surface area contributed by atoms with E-state index in [9.17, 15) is 14.7 Å². The summed E-state index contributed by atoms with van der Waals surface area (Å²) in [5.74, 6) is -0.697. The number of rotatable bonds is 6. The third kappa shape index (κ3) is 4.52. The third-order valence-electron chi connectivity index (χ3n) is 3.14. The smallest absolute Gasteiger partial charge is 0.251 e. The van der Waals surface area contributed by atoms with Gasteiger partial charge in [-0.05, 0) is 24.3 Å². The van der Waals surface area contributed by atoms with E-state index in [2.05, 4.69) is 22.3 Å². The lowest BCUT2D eigenvalue weighted by Gasteiger charge is -2.11. The minimum absolute atomic E-state index is 0.0633. The molecule has 3 N–H and O–H groups in total. The third-order valence-corrected chi connectivity index (χ3v) is 3.14. The molecule has 0 aliphatic rings. The van der Waals surface area contributed by atoms with Crippen LogP contribution in [0.15, 0.2) is 49.3 Å². The van der Waals surface area contributed by atoms with Gasteiger partial charge in [-0.2, -0.15) is 5.10 Å². The van der Waals surface area contributed by atoms with Crippen molar-refractivity contribution in [1.29, 1.82) is 0 Å². The van der Waals surface area contributed by atoms with Gasteiger partial charge in [-0.1, -0.05) is 12.6 Å². The van der Waals surface area contributed by atoms with Gasteiger partial charge in [0.15, 0.2) is 0 Å². The Balaban J connectivity index is 1.96. The van der Waals surface area contributed by atoms with Gasteiger partial charge in [0.2, 0.25) is 5.91 Å². The summed E-state index contributed by atoms with van der Waals surface area (Å²) in [6, 6.07) is 6.50. The maximum absolute atomic E-state index is 12.1. The van der Waals surface area contributed by atoms with Crippen LogP contribution in [0.4, 0.5) is 5.69 Å². The SMILES string of the molecule is C=CC(=O)Nc1cccc(C(=O)NCC(O)c2cnn(C)c2)c1. The summed E-state index contributed by atoms with van der Waals surface area (Å²) in [5.41, 5.74) is 1.50. The van der Waals surface area contributed by atoms with Crippen LogP contribution >= 0.6 is 0 Å². The number of benzene rings is 1. The Morgan fingerprint density at radius 2 is 2.26 bits per heavy atom. The highest BCUT2D eigenvalue weighted by Crippen LogP contribution is 2.12. The van der Waals surface area contributed by atoms with Crippen LogP contribution in [0, 0.1) is 0 Å². The predicted molar refractivity (Wildman–Crippen MR) is 85.8 cm³/mol. The number of hydrogen-bond acceptors (Lipinski definition) is 4. The van der Waals surface area contributed by atoms with Crippen LogP contribution in [0.5, 0.6) is 0 Å². The van der Waals surface area contributed by atoms with Crippen molar-refractivity contribution in [2.45, 2.75) is 6.10 Å². The van der Waals surface area contributed by atoms with Gasteiger partial charge in [-0.15, -0.1) is 0 Å². The van der Waals surface area contributed by atoms with E-state index in [0.29, 0.717) is 16.8 Å². The molecule has 7 heteroatoms. The van der Waals surface area contributed by atoms with Gasteiger partial charge in [0.25, 0.3) is 5.91 Å². The fraction of sp³-hybridized carbons (Fsp3) is 0.188. The lowest BCUT2D eigenvalue weighted by atomic mass is 10.1.